The Labute approximate surface area is 244 Å². The van der Waals surface area contributed by atoms with Gasteiger partial charge in [-0.1, -0.05) is 68.1 Å². The highest BCUT2D eigenvalue weighted by Crippen LogP contribution is 2.26. The van der Waals surface area contributed by atoms with Crippen LogP contribution in [0.1, 0.15) is 42.5 Å². The summed E-state index contributed by atoms with van der Waals surface area (Å²) in [5, 5.41) is 23.8. The molecule has 0 aliphatic rings. The van der Waals surface area contributed by atoms with Crippen LogP contribution in [0.25, 0.3) is 0 Å². The predicted molar refractivity (Wildman–Crippen MR) is 163 cm³/mol. The second-order valence-corrected chi connectivity index (χ2v) is 10.6. The number of nitrogens with zero attached hydrogens (tertiary/aromatic N) is 5. The van der Waals surface area contributed by atoms with E-state index < -0.39 is 0 Å². The maximum atomic E-state index is 12.9. The topological polar surface area (TPSA) is 114 Å². The lowest BCUT2D eigenvalue weighted by Crippen LogP contribution is -2.31. The van der Waals surface area contributed by atoms with E-state index in [4.69, 9.17) is 0 Å². The first-order valence-corrected chi connectivity index (χ1v) is 14.3. The van der Waals surface area contributed by atoms with Crippen LogP contribution >= 0.6 is 11.8 Å². The Bertz CT molecular complexity index is 1470. The van der Waals surface area contributed by atoms with E-state index in [2.05, 4.69) is 51.5 Å². The third-order valence-corrected chi connectivity index (χ3v) is 6.90. The molecule has 210 valence electrons. The van der Waals surface area contributed by atoms with E-state index in [1.165, 1.54) is 11.8 Å². The van der Waals surface area contributed by atoms with Crippen LogP contribution < -0.4 is 10.6 Å². The number of carbonyl (C=O) groups is 2. The zero-order valence-electron chi connectivity index (χ0n) is 23.1. The second-order valence-electron chi connectivity index (χ2n) is 9.68. The maximum Gasteiger partial charge on any atom is 0.251 e. The van der Waals surface area contributed by atoms with Crippen molar-refractivity contribution < 1.29 is 9.59 Å². The van der Waals surface area contributed by atoms with Crippen LogP contribution in [0.2, 0.25) is 0 Å². The van der Waals surface area contributed by atoms with Gasteiger partial charge in [0.05, 0.1) is 23.2 Å². The van der Waals surface area contributed by atoms with Gasteiger partial charge in [0.2, 0.25) is 5.91 Å². The molecule has 0 aliphatic carbocycles. The van der Waals surface area contributed by atoms with Crippen molar-refractivity contribution in [1.29, 1.82) is 0 Å². The van der Waals surface area contributed by atoms with E-state index in [1.54, 1.807) is 42.5 Å². The number of benzene rings is 3. The van der Waals surface area contributed by atoms with Crippen molar-refractivity contribution in [3.8, 4) is 0 Å². The normalized spacial score (nSPS) is 11.9. The van der Waals surface area contributed by atoms with Gasteiger partial charge in [-0.2, -0.15) is 10.2 Å². The van der Waals surface area contributed by atoms with Crippen molar-refractivity contribution in [3.05, 3.63) is 109 Å². The van der Waals surface area contributed by atoms with E-state index in [-0.39, 0.29) is 23.6 Å². The summed E-state index contributed by atoms with van der Waals surface area (Å²) < 4.78 is 1.90. The smallest absolute Gasteiger partial charge is 0.251 e. The number of rotatable bonds is 13. The lowest BCUT2D eigenvalue weighted by atomic mass is 10.0. The van der Waals surface area contributed by atoms with Crippen molar-refractivity contribution in [2.75, 3.05) is 11.1 Å². The van der Waals surface area contributed by atoms with E-state index in [9.17, 15) is 9.59 Å². The summed E-state index contributed by atoms with van der Waals surface area (Å²) in [5.41, 5.74) is 2.68. The number of azo groups is 1. The quantitative estimate of drug-likeness (QED) is 0.101. The Kier molecular flexibility index (Phi) is 10.6. The van der Waals surface area contributed by atoms with Crippen LogP contribution in [0.5, 0.6) is 0 Å². The average Bonchev–Trinajstić information content (AvgIpc) is 3.38. The molecule has 0 saturated heterocycles. The van der Waals surface area contributed by atoms with E-state index in [0.717, 1.165) is 5.69 Å². The van der Waals surface area contributed by atoms with Crippen molar-refractivity contribution in [3.63, 3.8) is 0 Å². The molecule has 0 radical (unpaired) electrons. The summed E-state index contributed by atoms with van der Waals surface area (Å²) in [6.45, 7) is 8.50. The maximum absolute atomic E-state index is 12.9. The van der Waals surface area contributed by atoms with Gasteiger partial charge in [0.15, 0.2) is 11.0 Å². The summed E-state index contributed by atoms with van der Waals surface area (Å²) >= 11 is 1.28. The predicted octanol–water partition coefficient (Wildman–Crippen LogP) is 7.13. The number of thioether (sulfide) groups is 1. The van der Waals surface area contributed by atoms with Gasteiger partial charge in [-0.05, 0) is 60.9 Å². The highest BCUT2D eigenvalue weighted by atomic mass is 32.2. The molecule has 1 unspecified atom stereocenters. The molecule has 10 heteroatoms. The number of aromatic nitrogens is 3. The molecule has 0 aliphatic heterocycles. The number of anilines is 1. The number of allylic oxidation sites excluding steroid dienone is 1. The van der Waals surface area contributed by atoms with Crippen molar-refractivity contribution in [2.24, 2.45) is 16.1 Å². The Morgan fingerprint density at radius 2 is 1.56 bits per heavy atom. The Morgan fingerprint density at radius 1 is 0.927 bits per heavy atom. The van der Waals surface area contributed by atoms with Gasteiger partial charge >= 0.3 is 0 Å². The molecule has 0 spiro atoms. The van der Waals surface area contributed by atoms with Gasteiger partial charge in [0.1, 0.15) is 0 Å². The van der Waals surface area contributed by atoms with Gasteiger partial charge in [-0.25, -0.2) is 0 Å². The van der Waals surface area contributed by atoms with Gasteiger partial charge in [0, 0.05) is 17.8 Å². The monoisotopic (exact) mass is 567 g/mol. The minimum atomic E-state index is -0.351. The molecule has 1 heterocycles. The molecule has 0 fully saturated rings. The summed E-state index contributed by atoms with van der Waals surface area (Å²) in [6, 6.07) is 25.4. The Balaban J connectivity index is 1.39. The third-order valence-electron chi connectivity index (χ3n) is 5.94. The highest BCUT2D eigenvalue weighted by Gasteiger charge is 2.24. The standard InChI is InChI=1S/C31H33N7O2S/c1-4-19-38-29(27(20-22(2)3)33-30(40)23-11-7-5-8-12-23)36-37-31(38)41-21-28(39)32-24-15-17-26(18-16-24)35-34-25-13-9-6-10-14-25/h4-18,22,27H,1,19-21H2,2-3H3,(H,32,39)(H,33,40). The zero-order chi connectivity index (χ0) is 29.0. The number of hydrogen-bond acceptors (Lipinski definition) is 7. The fourth-order valence-corrected chi connectivity index (χ4v) is 4.80. The molecule has 9 nitrogen and oxygen atoms in total. The van der Waals surface area contributed by atoms with Gasteiger partial charge in [0.25, 0.3) is 5.91 Å². The van der Waals surface area contributed by atoms with Crippen LogP contribution in [0, 0.1) is 5.92 Å². The lowest BCUT2D eigenvalue weighted by Gasteiger charge is -2.21. The molecule has 4 aromatic rings. The number of carbonyl (C=O) groups excluding carboxylic acids is 2. The number of nitrogens with one attached hydrogen (secondary N) is 2. The molecule has 2 amide bonds. The first kappa shape index (κ1) is 29.4. The summed E-state index contributed by atoms with van der Waals surface area (Å²) in [6.07, 6.45) is 2.43. The fourth-order valence-electron chi connectivity index (χ4n) is 4.05. The van der Waals surface area contributed by atoms with Crippen LogP contribution in [0.4, 0.5) is 17.1 Å². The number of hydrogen-bond donors (Lipinski definition) is 2. The molecular weight excluding hydrogens is 534 g/mol. The SMILES string of the molecule is C=CCn1c(SCC(=O)Nc2ccc(N=Nc3ccccc3)cc2)nnc1C(CC(C)C)NC(=O)c1ccccc1. The largest absolute Gasteiger partial charge is 0.342 e. The number of amides is 2. The van der Waals surface area contributed by atoms with Crippen molar-refractivity contribution >= 4 is 40.6 Å². The Morgan fingerprint density at radius 3 is 2.20 bits per heavy atom. The summed E-state index contributed by atoms with van der Waals surface area (Å²) in [7, 11) is 0. The molecule has 3 aromatic carbocycles. The highest BCUT2D eigenvalue weighted by molar-refractivity contribution is 7.99. The molecule has 0 bridgehead atoms. The molecule has 41 heavy (non-hydrogen) atoms. The molecule has 0 saturated carbocycles. The van der Waals surface area contributed by atoms with Crippen molar-refractivity contribution in [2.45, 2.75) is 38.0 Å². The molecular formula is C31H33N7O2S. The summed E-state index contributed by atoms with van der Waals surface area (Å²) in [4.78, 5) is 25.7. The van der Waals surface area contributed by atoms with E-state index in [1.807, 2.05) is 53.1 Å². The van der Waals surface area contributed by atoms with Crippen LogP contribution in [0.3, 0.4) is 0 Å². The molecule has 1 aromatic heterocycles. The Hall–Kier alpha value is -4.57. The second kappa shape index (κ2) is 14.7. The first-order valence-electron chi connectivity index (χ1n) is 13.3. The molecule has 1 atom stereocenters. The minimum absolute atomic E-state index is 0.135. The summed E-state index contributed by atoms with van der Waals surface area (Å²) in [5.74, 6) is 0.713. The zero-order valence-corrected chi connectivity index (χ0v) is 23.9. The van der Waals surface area contributed by atoms with Gasteiger partial charge in [-0.15, -0.1) is 16.8 Å². The van der Waals surface area contributed by atoms with Gasteiger partial charge in [-0.3, -0.25) is 9.59 Å². The van der Waals surface area contributed by atoms with Crippen molar-refractivity contribution in [1.82, 2.24) is 20.1 Å². The molecule has 4 rings (SSSR count). The fraction of sp³-hybridized carbons (Fsp3) is 0.226. The van der Waals surface area contributed by atoms with E-state index >= 15 is 0 Å². The minimum Gasteiger partial charge on any atom is -0.342 e. The van der Waals surface area contributed by atoms with Crippen LogP contribution in [0.15, 0.2) is 113 Å². The lowest BCUT2D eigenvalue weighted by molar-refractivity contribution is -0.113. The first-order chi connectivity index (χ1) is 19.9. The molecule has 2 N–H and O–H groups in total. The third kappa shape index (κ3) is 8.71. The van der Waals surface area contributed by atoms with Crippen LogP contribution in [-0.2, 0) is 11.3 Å². The van der Waals surface area contributed by atoms with Crippen LogP contribution in [-0.4, -0.2) is 32.3 Å². The van der Waals surface area contributed by atoms with Gasteiger partial charge < -0.3 is 15.2 Å². The van der Waals surface area contributed by atoms with E-state index in [0.29, 0.717) is 46.8 Å². The average molecular weight is 568 g/mol.